The molecule has 3 rings (SSSR count). The Morgan fingerprint density at radius 1 is 1.27 bits per heavy atom. The van der Waals surface area contributed by atoms with Crippen LogP contribution in [-0.2, 0) is 9.59 Å². The van der Waals surface area contributed by atoms with E-state index in [0.717, 1.165) is 22.2 Å². The molecule has 1 saturated heterocycles. The number of phenolic OH excluding ortho intramolecular Hbond substituents is 1. The fourth-order valence-corrected chi connectivity index (χ4v) is 4.18. The number of phenols is 1. The van der Waals surface area contributed by atoms with Crippen LogP contribution in [0, 0.1) is 10.5 Å². The first kappa shape index (κ1) is 22.2. The minimum Gasteiger partial charge on any atom is -0.504 e. The topological polar surface area (TPSA) is 95.9 Å². The number of halogens is 1. The molecule has 1 aliphatic rings. The molecule has 1 aliphatic heterocycles. The van der Waals surface area contributed by atoms with E-state index in [-0.39, 0.29) is 17.2 Å². The van der Waals surface area contributed by atoms with E-state index < -0.39 is 17.1 Å². The van der Waals surface area contributed by atoms with E-state index in [2.05, 4.69) is 5.32 Å². The molecule has 156 valence electrons. The molecule has 1 fully saturated rings. The molecule has 9 heteroatoms. The van der Waals surface area contributed by atoms with Gasteiger partial charge in [-0.1, -0.05) is 17.7 Å². The van der Waals surface area contributed by atoms with Crippen molar-refractivity contribution in [2.75, 3.05) is 18.5 Å². The molecule has 0 bridgehead atoms. The van der Waals surface area contributed by atoms with Gasteiger partial charge in [-0.2, -0.15) is 0 Å². The van der Waals surface area contributed by atoms with Gasteiger partial charge in [0.25, 0.3) is 11.1 Å². The highest BCUT2D eigenvalue weighted by Crippen LogP contribution is 2.36. The van der Waals surface area contributed by atoms with Crippen molar-refractivity contribution in [3.05, 3.63) is 56.0 Å². The summed E-state index contributed by atoms with van der Waals surface area (Å²) in [6.45, 7) is 3.74. The summed E-state index contributed by atoms with van der Waals surface area (Å²) in [4.78, 5) is 38.3. The summed E-state index contributed by atoms with van der Waals surface area (Å²) in [6.07, 6.45) is 1.55. The lowest BCUT2D eigenvalue weighted by Gasteiger charge is -2.12. The molecule has 30 heavy (non-hydrogen) atoms. The van der Waals surface area contributed by atoms with Crippen molar-refractivity contribution >= 4 is 63.2 Å². The third-order valence-electron chi connectivity index (χ3n) is 4.16. The molecule has 0 radical (unpaired) electrons. The normalized spacial score (nSPS) is 15.0. The van der Waals surface area contributed by atoms with Crippen LogP contribution in [0.15, 0.2) is 41.3 Å². The Balaban J connectivity index is 1.74. The Hall–Kier alpha value is -2.53. The second-order valence-electron chi connectivity index (χ2n) is 6.46. The fraction of sp³-hybridized carbons (Fsp3) is 0.190. The van der Waals surface area contributed by atoms with Crippen LogP contribution in [0.4, 0.5) is 10.5 Å². The second kappa shape index (κ2) is 9.52. The number of aromatic hydroxyl groups is 1. The molecular formula is C21H19IN2O5S. The zero-order chi connectivity index (χ0) is 21.8. The molecular weight excluding hydrogens is 519 g/mol. The minimum atomic E-state index is -0.537. The van der Waals surface area contributed by atoms with Gasteiger partial charge in [0.05, 0.1) is 15.1 Å². The van der Waals surface area contributed by atoms with Crippen molar-refractivity contribution in [2.24, 2.45) is 0 Å². The summed E-state index contributed by atoms with van der Waals surface area (Å²) in [7, 11) is 0. The highest BCUT2D eigenvalue weighted by molar-refractivity contribution is 14.1. The third kappa shape index (κ3) is 5.14. The van der Waals surface area contributed by atoms with Gasteiger partial charge >= 0.3 is 0 Å². The standard InChI is InChI=1S/C21H19IN2O5S/c1-3-29-16-9-13(8-15(22)19(16)26)10-17-20(27)24(21(28)30-17)11-18(25)23-14-6-4-12(2)5-7-14/h4-10,26H,3,11H2,1-2H3,(H,23,25)/b17-10-. The van der Waals surface area contributed by atoms with E-state index in [4.69, 9.17) is 4.74 Å². The molecule has 0 unspecified atom stereocenters. The molecule has 7 nitrogen and oxygen atoms in total. The van der Waals surface area contributed by atoms with E-state index in [1.54, 1.807) is 37.3 Å². The quantitative estimate of drug-likeness (QED) is 0.419. The highest BCUT2D eigenvalue weighted by atomic mass is 127. The van der Waals surface area contributed by atoms with E-state index in [0.29, 0.717) is 27.2 Å². The minimum absolute atomic E-state index is 0.0236. The Bertz CT molecular complexity index is 1040. The molecule has 0 saturated carbocycles. The van der Waals surface area contributed by atoms with Gasteiger partial charge in [0.15, 0.2) is 11.5 Å². The number of imide groups is 1. The van der Waals surface area contributed by atoms with E-state index in [1.165, 1.54) is 0 Å². The summed E-state index contributed by atoms with van der Waals surface area (Å²) < 4.78 is 5.96. The number of hydrogen-bond donors (Lipinski definition) is 2. The number of anilines is 1. The Labute approximate surface area is 191 Å². The van der Waals surface area contributed by atoms with Gasteiger partial charge in [0.2, 0.25) is 5.91 Å². The van der Waals surface area contributed by atoms with Crippen molar-refractivity contribution in [1.29, 1.82) is 0 Å². The van der Waals surface area contributed by atoms with Gasteiger partial charge in [-0.3, -0.25) is 19.3 Å². The van der Waals surface area contributed by atoms with Crippen LogP contribution in [0.5, 0.6) is 11.5 Å². The number of rotatable bonds is 6. The number of nitrogens with one attached hydrogen (secondary N) is 1. The molecule has 2 N–H and O–H groups in total. The first-order chi connectivity index (χ1) is 14.3. The van der Waals surface area contributed by atoms with Gasteiger partial charge in [0.1, 0.15) is 6.54 Å². The molecule has 2 aromatic carbocycles. The number of ether oxygens (including phenoxy) is 1. The lowest BCUT2D eigenvalue weighted by atomic mass is 10.2. The largest absolute Gasteiger partial charge is 0.504 e. The van der Waals surface area contributed by atoms with Gasteiger partial charge < -0.3 is 15.2 Å². The molecule has 0 spiro atoms. The van der Waals surface area contributed by atoms with Crippen molar-refractivity contribution < 1.29 is 24.2 Å². The maximum atomic E-state index is 12.7. The summed E-state index contributed by atoms with van der Waals surface area (Å²) in [6, 6.07) is 10.5. The molecule has 0 aromatic heterocycles. The first-order valence-electron chi connectivity index (χ1n) is 9.05. The van der Waals surface area contributed by atoms with E-state index in [9.17, 15) is 19.5 Å². The number of carbonyl (C=O) groups excluding carboxylic acids is 3. The molecule has 2 aromatic rings. The lowest BCUT2D eigenvalue weighted by Crippen LogP contribution is -2.36. The Kier molecular flexibility index (Phi) is 7.03. The number of thioether (sulfide) groups is 1. The predicted octanol–water partition coefficient (Wildman–Crippen LogP) is 4.38. The number of carbonyl (C=O) groups is 3. The Morgan fingerprint density at radius 2 is 1.97 bits per heavy atom. The van der Waals surface area contributed by atoms with Crippen LogP contribution in [0.1, 0.15) is 18.1 Å². The van der Waals surface area contributed by atoms with Crippen LogP contribution in [0.25, 0.3) is 6.08 Å². The smallest absolute Gasteiger partial charge is 0.294 e. The van der Waals surface area contributed by atoms with Gasteiger partial charge in [0, 0.05) is 5.69 Å². The van der Waals surface area contributed by atoms with Crippen LogP contribution in [0.2, 0.25) is 0 Å². The molecule has 1 heterocycles. The van der Waals surface area contributed by atoms with E-state index in [1.807, 2.05) is 41.6 Å². The van der Waals surface area contributed by atoms with Gasteiger partial charge in [-0.25, -0.2) is 0 Å². The zero-order valence-electron chi connectivity index (χ0n) is 16.3. The van der Waals surface area contributed by atoms with Crippen molar-refractivity contribution in [3.63, 3.8) is 0 Å². The number of hydrogen-bond acceptors (Lipinski definition) is 6. The number of amides is 3. The summed E-state index contributed by atoms with van der Waals surface area (Å²) in [5.74, 6) is -0.673. The molecule has 0 aliphatic carbocycles. The fourth-order valence-electron chi connectivity index (χ4n) is 2.71. The summed E-state index contributed by atoms with van der Waals surface area (Å²) >= 11 is 2.73. The SMILES string of the molecule is CCOc1cc(/C=C2\SC(=O)N(CC(=O)Nc3ccc(C)cc3)C2=O)cc(I)c1O. The average Bonchev–Trinajstić information content (AvgIpc) is 2.95. The van der Waals surface area contributed by atoms with Crippen LogP contribution < -0.4 is 10.1 Å². The first-order valence-corrected chi connectivity index (χ1v) is 10.9. The predicted molar refractivity (Wildman–Crippen MR) is 124 cm³/mol. The zero-order valence-corrected chi connectivity index (χ0v) is 19.2. The van der Waals surface area contributed by atoms with Crippen molar-refractivity contribution in [2.45, 2.75) is 13.8 Å². The molecule has 3 amide bonds. The second-order valence-corrected chi connectivity index (χ2v) is 8.62. The van der Waals surface area contributed by atoms with Crippen molar-refractivity contribution in [1.82, 2.24) is 4.90 Å². The van der Waals surface area contributed by atoms with Gasteiger partial charge in [-0.15, -0.1) is 0 Å². The monoisotopic (exact) mass is 538 g/mol. The van der Waals surface area contributed by atoms with Crippen LogP contribution in [0.3, 0.4) is 0 Å². The number of aryl methyl sites for hydroxylation is 1. The molecule has 0 atom stereocenters. The van der Waals surface area contributed by atoms with E-state index >= 15 is 0 Å². The van der Waals surface area contributed by atoms with Crippen LogP contribution >= 0.6 is 34.4 Å². The Morgan fingerprint density at radius 3 is 2.63 bits per heavy atom. The number of nitrogens with zero attached hydrogens (tertiary/aromatic N) is 1. The summed E-state index contributed by atoms with van der Waals surface area (Å²) in [5.41, 5.74) is 2.26. The highest BCUT2D eigenvalue weighted by Gasteiger charge is 2.36. The van der Waals surface area contributed by atoms with Crippen LogP contribution in [-0.4, -0.2) is 40.2 Å². The summed E-state index contributed by atoms with van der Waals surface area (Å²) in [5, 5.41) is 12.2. The van der Waals surface area contributed by atoms with Gasteiger partial charge in [-0.05, 0) is 84.1 Å². The lowest BCUT2D eigenvalue weighted by molar-refractivity contribution is -0.127. The number of benzene rings is 2. The third-order valence-corrected chi connectivity index (χ3v) is 5.89. The average molecular weight is 538 g/mol. The maximum Gasteiger partial charge on any atom is 0.294 e. The van der Waals surface area contributed by atoms with Crippen molar-refractivity contribution in [3.8, 4) is 11.5 Å². The maximum absolute atomic E-state index is 12.7.